The minimum Gasteiger partial charge on any atom is -0.396 e. The summed E-state index contributed by atoms with van der Waals surface area (Å²) in [6, 6.07) is 9.44. The normalized spacial score (nSPS) is 30.9. The molecule has 0 heterocycles. The van der Waals surface area contributed by atoms with E-state index in [2.05, 4.69) is 56.6 Å². The number of carbonyl (C=O) groups is 1. The number of nitrogens with zero attached hydrogens (tertiary/aromatic N) is 1. The molecule has 3 heteroatoms. The molecular weight excluding hydrogens is 454 g/mol. The lowest BCUT2D eigenvalue weighted by Gasteiger charge is -2.53. The summed E-state index contributed by atoms with van der Waals surface area (Å²) >= 11 is 0. The smallest absolute Gasteiger partial charge is 0.156 e. The number of anilines is 1. The van der Waals surface area contributed by atoms with E-state index in [0.29, 0.717) is 42.0 Å². The van der Waals surface area contributed by atoms with E-state index in [-0.39, 0.29) is 0 Å². The molecule has 0 bridgehead atoms. The van der Waals surface area contributed by atoms with Crippen LogP contribution in [0, 0.1) is 23.2 Å². The highest BCUT2D eigenvalue weighted by Gasteiger charge is 2.56. The van der Waals surface area contributed by atoms with Gasteiger partial charge in [0.05, 0.1) is 0 Å². The molecule has 0 amide bonds. The van der Waals surface area contributed by atoms with Crippen LogP contribution in [-0.2, 0) is 4.79 Å². The van der Waals surface area contributed by atoms with Gasteiger partial charge in [-0.2, -0.15) is 0 Å². The van der Waals surface area contributed by atoms with Gasteiger partial charge >= 0.3 is 0 Å². The summed E-state index contributed by atoms with van der Waals surface area (Å²) in [5.74, 6) is 2.77. The van der Waals surface area contributed by atoms with Crippen LogP contribution in [0.3, 0.4) is 0 Å². The van der Waals surface area contributed by atoms with E-state index in [1.165, 1.54) is 54.5 Å². The van der Waals surface area contributed by atoms with Crippen molar-refractivity contribution in [2.24, 2.45) is 23.2 Å². The summed E-state index contributed by atoms with van der Waals surface area (Å²) in [6.07, 6.45) is 14.0. The number of unbranched alkanes of at least 4 members (excludes halogenated alkanes) is 3. The van der Waals surface area contributed by atoms with Crippen molar-refractivity contribution < 1.29 is 9.90 Å². The van der Waals surface area contributed by atoms with Crippen molar-refractivity contribution in [3.63, 3.8) is 0 Å². The lowest BCUT2D eigenvalue weighted by molar-refractivity contribution is -0.114. The van der Waals surface area contributed by atoms with E-state index in [1.807, 2.05) is 6.08 Å². The predicted octanol–water partition coefficient (Wildman–Crippen LogP) is 7.77. The number of allylic oxidation sites excluding steroid dienone is 5. The summed E-state index contributed by atoms with van der Waals surface area (Å²) in [5, 5.41) is 9.01. The first-order valence-electron chi connectivity index (χ1n) is 14.9. The van der Waals surface area contributed by atoms with Crippen molar-refractivity contribution in [3.05, 3.63) is 64.8 Å². The van der Waals surface area contributed by atoms with Gasteiger partial charge in [0.2, 0.25) is 0 Å². The van der Waals surface area contributed by atoms with E-state index in [1.54, 1.807) is 11.1 Å². The van der Waals surface area contributed by atoms with Crippen LogP contribution in [0.1, 0.15) is 96.0 Å². The van der Waals surface area contributed by atoms with Crippen LogP contribution in [0.25, 0.3) is 0 Å². The zero-order chi connectivity index (χ0) is 26.2. The number of ketones is 1. The lowest BCUT2D eigenvalue weighted by Crippen LogP contribution is -2.43. The Bertz CT molecular complexity index is 1080. The summed E-state index contributed by atoms with van der Waals surface area (Å²) in [4.78, 5) is 14.7. The van der Waals surface area contributed by atoms with Crippen LogP contribution in [0.15, 0.2) is 59.2 Å². The third kappa shape index (κ3) is 5.01. The predicted molar refractivity (Wildman–Crippen MR) is 154 cm³/mol. The minimum absolute atomic E-state index is 0.304. The van der Waals surface area contributed by atoms with Gasteiger partial charge in [-0.05, 0) is 116 Å². The molecule has 4 aliphatic rings. The third-order valence-corrected chi connectivity index (χ3v) is 10.5. The summed E-state index contributed by atoms with van der Waals surface area (Å²) < 4.78 is 0. The average Bonchev–Trinajstić information content (AvgIpc) is 3.25. The van der Waals surface area contributed by atoms with E-state index in [9.17, 15) is 4.79 Å². The van der Waals surface area contributed by atoms with Crippen LogP contribution in [0.4, 0.5) is 5.69 Å². The molecule has 5 unspecified atom stereocenters. The monoisotopic (exact) mass is 501 g/mol. The van der Waals surface area contributed by atoms with Crippen LogP contribution in [0.2, 0.25) is 0 Å². The SMILES string of the molecule is C=C(C)C1CCC2C3CCC4=CC(=O)CCC4=C3C(c3ccc(N(C)CCCCCCO)cc3)CC12C. The van der Waals surface area contributed by atoms with Gasteiger partial charge in [0.1, 0.15) is 0 Å². The second-order valence-corrected chi connectivity index (χ2v) is 12.7. The molecule has 4 aliphatic carbocycles. The summed E-state index contributed by atoms with van der Waals surface area (Å²) in [7, 11) is 2.20. The van der Waals surface area contributed by atoms with E-state index in [0.717, 1.165) is 44.6 Å². The molecule has 0 saturated heterocycles. The molecule has 0 aromatic heterocycles. The Balaban J connectivity index is 1.45. The number of carbonyl (C=O) groups excluding carboxylic acids is 1. The third-order valence-electron chi connectivity index (χ3n) is 10.5. The molecular formula is C34H47NO2. The van der Waals surface area contributed by atoms with Crippen molar-refractivity contribution in [1.29, 1.82) is 0 Å². The zero-order valence-corrected chi connectivity index (χ0v) is 23.4. The van der Waals surface area contributed by atoms with Crippen molar-refractivity contribution >= 4 is 11.5 Å². The second-order valence-electron chi connectivity index (χ2n) is 12.7. The molecule has 3 nitrogen and oxygen atoms in total. The van der Waals surface area contributed by atoms with E-state index < -0.39 is 0 Å². The second kappa shape index (κ2) is 10.9. The number of benzene rings is 1. The molecule has 2 saturated carbocycles. The molecule has 0 spiro atoms. The Kier molecular flexibility index (Phi) is 7.82. The molecule has 2 fully saturated rings. The number of hydrogen-bond acceptors (Lipinski definition) is 3. The fourth-order valence-corrected chi connectivity index (χ4v) is 8.67. The molecule has 0 radical (unpaired) electrons. The van der Waals surface area contributed by atoms with E-state index in [4.69, 9.17) is 5.11 Å². The molecule has 5 atom stereocenters. The lowest BCUT2D eigenvalue weighted by atomic mass is 9.51. The standard InChI is InChI=1S/C34H47NO2/c1-23(2)31-17-18-32-29-15-11-25-21-27(37)14-16-28(25)33(29)30(22-34(31,32)3)24-9-12-26(13-10-24)35(4)19-7-5-6-8-20-36/h9-10,12-13,21,29-32,36H,1,5-8,11,14-20,22H2,2-4H3. The topological polar surface area (TPSA) is 40.5 Å². The summed E-state index contributed by atoms with van der Waals surface area (Å²) in [6.45, 7) is 10.6. The molecule has 200 valence electrons. The van der Waals surface area contributed by atoms with Gasteiger partial charge in [-0.1, -0.05) is 49.6 Å². The maximum atomic E-state index is 12.3. The maximum Gasteiger partial charge on any atom is 0.156 e. The molecule has 0 aliphatic heterocycles. The van der Waals surface area contributed by atoms with Crippen LogP contribution < -0.4 is 4.90 Å². The highest BCUT2D eigenvalue weighted by molar-refractivity contribution is 5.93. The first kappa shape index (κ1) is 26.5. The van der Waals surface area contributed by atoms with Crippen molar-refractivity contribution in [1.82, 2.24) is 0 Å². The van der Waals surface area contributed by atoms with Crippen molar-refractivity contribution in [2.75, 3.05) is 25.1 Å². The Morgan fingerprint density at radius 1 is 1.05 bits per heavy atom. The van der Waals surface area contributed by atoms with Gasteiger partial charge in [-0.25, -0.2) is 0 Å². The Morgan fingerprint density at radius 2 is 1.81 bits per heavy atom. The molecule has 5 rings (SSSR count). The number of aliphatic hydroxyl groups excluding tert-OH is 1. The number of aliphatic hydroxyl groups is 1. The fourth-order valence-electron chi connectivity index (χ4n) is 8.67. The first-order chi connectivity index (χ1) is 17.8. The molecule has 1 aromatic rings. The van der Waals surface area contributed by atoms with Crippen LogP contribution >= 0.6 is 0 Å². The Morgan fingerprint density at radius 3 is 2.54 bits per heavy atom. The number of fused-ring (bicyclic) bond motifs is 4. The van der Waals surface area contributed by atoms with Crippen LogP contribution in [0.5, 0.6) is 0 Å². The molecule has 37 heavy (non-hydrogen) atoms. The minimum atomic E-state index is 0.304. The first-order valence-corrected chi connectivity index (χ1v) is 14.9. The summed E-state index contributed by atoms with van der Waals surface area (Å²) in [5.41, 5.74) is 9.01. The van der Waals surface area contributed by atoms with Gasteiger partial charge in [-0.15, -0.1) is 0 Å². The quantitative estimate of drug-likeness (QED) is 0.278. The zero-order valence-electron chi connectivity index (χ0n) is 23.4. The maximum absolute atomic E-state index is 12.3. The van der Waals surface area contributed by atoms with Gasteiger partial charge < -0.3 is 10.0 Å². The largest absolute Gasteiger partial charge is 0.396 e. The van der Waals surface area contributed by atoms with Crippen molar-refractivity contribution in [3.8, 4) is 0 Å². The fraction of sp³-hybridized carbons (Fsp3) is 0.618. The average molecular weight is 502 g/mol. The highest BCUT2D eigenvalue weighted by Crippen LogP contribution is 2.66. The van der Waals surface area contributed by atoms with E-state index >= 15 is 0 Å². The van der Waals surface area contributed by atoms with Gasteiger partial charge in [0.15, 0.2) is 5.78 Å². The van der Waals surface area contributed by atoms with Gasteiger partial charge in [-0.3, -0.25) is 4.79 Å². The van der Waals surface area contributed by atoms with Crippen LogP contribution in [-0.4, -0.2) is 31.1 Å². The van der Waals surface area contributed by atoms with Gasteiger partial charge in [0, 0.05) is 38.2 Å². The number of hydrogen-bond donors (Lipinski definition) is 1. The van der Waals surface area contributed by atoms with Crippen molar-refractivity contribution in [2.45, 2.75) is 90.4 Å². The highest BCUT2D eigenvalue weighted by atomic mass is 16.2. The Hall–Kier alpha value is -2.13. The Labute approximate surface area is 224 Å². The number of rotatable bonds is 9. The van der Waals surface area contributed by atoms with Gasteiger partial charge in [0.25, 0.3) is 0 Å². The molecule has 1 N–H and O–H groups in total. The molecule has 1 aromatic carbocycles.